The molecule has 9 heteroatoms. The molecule has 0 aromatic carbocycles. The number of hydrogen-bond donors (Lipinski definition) is 1. The van der Waals surface area contributed by atoms with Crippen LogP contribution in [-0.4, -0.2) is 62.5 Å². The third-order valence-corrected chi connectivity index (χ3v) is 6.91. The van der Waals surface area contributed by atoms with Crippen molar-refractivity contribution < 1.29 is 4.74 Å². The molecule has 0 amide bonds. The molecule has 0 spiro atoms. The molecule has 1 aliphatic carbocycles. The van der Waals surface area contributed by atoms with E-state index in [1.54, 1.807) is 24.2 Å². The summed E-state index contributed by atoms with van der Waals surface area (Å²) in [5, 5.41) is 21.3. The Hall–Kier alpha value is -3.07. The molecule has 5 rings (SSSR count). The van der Waals surface area contributed by atoms with Gasteiger partial charge in [-0.3, -0.25) is 4.98 Å². The Balaban J connectivity index is 1.20. The van der Waals surface area contributed by atoms with Crippen molar-refractivity contribution in [1.29, 1.82) is 0 Å². The highest BCUT2D eigenvalue weighted by atomic mass is 16.5. The molecule has 4 heterocycles. The summed E-state index contributed by atoms with van der Waals surface area (Å²) in [6, 6.07) is 7.01. The van der Waals surface area contributed by atoms with Gasteiger partial charge in [0.2, 0.25) is 0 Å². The van der Waals surface area contributed by atoms with Crippen molar-refractivity contribution in [2.75, 3.05) is 25.1 Å². The van der Waals surface area contributed by atoms with Crippen molar-refractivity contribution in [1.82, 2.24) is 35.5 Å². The average Bonchev–Trinajstić information content (AvgIpc) is 3.28. The zero-order valence-corrected chi connectivity index (χ0v) is 19.4. The lowest BCUT2D eigenvalue weighted by Crippen LogP contribution is -2.51. The van der Waals surface area contributed by atoms with Crippen molar-refractivity contribution in [2.24, 2.45) is 5.92 Å². The van der Waals surface area contributed by atoms with Crippen LogP contribution in [0.4, 0.5) is 5.82 Å². The number of methoxy groups -OCH3 is 1. The van der Waals surface area contributed by atoms with E-state index in [0.717, 1.165) is 41.8 Å². The molecule has 0 bridgehead atoms. The number of ether oxygens (including phenoxy) is 1. The van der Waals surface area contributed by atoms with Crippen LogP contribution >= 0.6 is 0 Å². The van der Waals surface area contributed by atoms with Gasteiger partial charge in [0.25, 0.3) is 0 Å². The Morgan fingerprint density at radius 3 is 2.76 bits per heavy atom. The van der Waals surface area contributed by atoms with Gasteiger partial charge in [-0.1, -0.05) is 11.6 Å². The second-order valence-electron chi connectivity index (χ2n) is 9.28. The summed E-state index contributed by atoms with van der Waals surface area (Å²) < 4.78 is 7.01. The van der Waals surface area contributed by atoms with Crippen molar-refractivity contribution in [3.05, 3.63) is 42.5 Å². The molecule has 1 N–H and O–H groups in total. The van der Waals surface area contributed by atoms with E-state index in [-0.39, 0.29) is 0 Å². The lowest BCUT2D eigenvalue weighted by molar-refractivity contribution is 0.274. The summed E-state index contributed by atoms with van der Waals surface area (Å²) in [4.78, 5) is 6.58. The molecule has 0 unspecified atom stereocenters. The minimum atomic E-state index is 0.473. The summed E-state index contributed by atoms with van der Waals surface area (Å²) in [6.07, 6.45) is 11.9. The third-order valence-electron chi connectivity index (χ3n) is 6.91. The van der Waals surface area contributed by atoms with Gasteiger partial charge in [-0.2, -0.15) is 5.10 Å². The first-order valence-electron chi connectivity index (χ1n) is 11.9. The van der Waals surface area contributed by atoms with E-state index >= 15 is 0 Å². The van der Waals surface area contributed by atoms with Crippen molar-refractivity contribution in [2.45, 2.75) is 57.7 Å². The average molecular weight is 449 g/mol. The van der Waals surface area contributed by atoms with Crippen LogP contribution in [0.25, 0.3) is 11.3 Å². The van der Waals surface area contributed by atoms with Crippen LogP contribution in [-0.2, 0) is 6.54 Å². The van der Waals surface area contributed by atoms with Crippen LogP contribution in [0.3, 0.4) is 0 Å². The molecule has 174 valence electrons. The highest BCUT2D eigenvalue weighted by molar-refractivity contribution is 5.58. The van der Waals surface area contributed by atoms with Gasteiger partial charge in [-0.05, 0) is 63.3 Å². The number of aromatic nitrogens is 6. The van der Waals surface area contributed by atoms with E-state index in [0.29, 0.717) is 24.4 Å². The minimum Gasteiger partial charge on any atom is -0.495 e. The maximum atomic E-state index is 5.24. The Kier molecular flexibility index (Phi) is 6.48. The van der Waals surface area contributed by atoms with Crippen LogP contribution < -0.4 is 15.0 Å². The van der Waals surface area contributed by atoms with Gasteiger partial charge < -0.3 is 15.0 Å². The lowest BCUT2D eigenvalue weighted by Gasteiger charge is -2.40. The molecule has 1 saturated carbocycles. The fourth-order valence-electron chi connectivity index (χ4n) is 4.56. The molecule has 2 fully saturated rings. The topological polar surface area (TPSA) is 93.9 Å². The summed E-state index contributed by atoms with van der Waals surface area (Å²) in [7, 11) is 1.62. The monoisotopic (exact) mass is 448 g/mol. The highest BCUT2D eigenvalue weighted by Crippen LogP contribution is 2.27. The third kappa shape index (κ3) is 5.13. The van der Waals surface area contributed by atoms with Gasteiger partial charge in [0.15, 0.2) is 5.82 Å². The molecule has 3 aromatic rings. The predicted octanol–water partition coefficient (Wildman–Crippen LogP) is 2.93. The Labute approximate surface area is 194 Å². The zero-order valence-electron chi connectivity index (χ0n) is 19.4. The zero-order chi connectivity index (χ0) is 22.6. The van der Waals surface area contributed by atoms with Gasteiger partial charge in [0.1, 0.15) is 11.4 Å². The molecular weight excluding hydrogens is 416 g/mol. The normalized spacial score (nSPS) is 21.1. The first kappa shape index (κ1) is 21.8. The molecule has 3 aromatic heterocycles. The van der Waals surface area contributed by atoms with Crippen molar-refractivity contribution in [3.8, 4) is 17.0 Å². The number of nitrogens with one attached hydrogen (secondary N) is 1. The molecule has 33 heavy (non-hydrogen) atoms. The van der Waals surface area contributed by atoms with Crippen LogP contribution in [0, 0.1) is 5.92 Å². The first-order chi connectivity index (χ1) is 16.2. The quantitative estimate of drug-likeness (QED) is 0.562. The Bertz CT molecular complexity index is 1050. The van der Waals surface area contributed by atoms with E-state index in [4.69, 9.17) is 4.74 Å². The maximum Gasteiger partial charge on any atom is 0.151 e. The second kappa shape index (κ2) is 9.82. The highest BCUT2D eigenvalue weighted by Gasteiger charge is 2.27. The number of anilines is 1. The first-order valence-corrected chi connectivity index (χ1v) is 11.9. The van der Waals surface area contributed by atoms with E-state index in [9.17, 15) is 0 Å². The second-order valence-corrected chi connectivity index (χ2v) is 9.28. The molecule has 1 aliphatic heterocycles. The van der Waals surface area contributed by atoms with Crippen LogP contribution in [0.15, 0.2) is 36.8 Å². The standard InChI is InChI=1S/C24H32N8O/c1-17-6-7-20(26-11-18-4-3-5-18)15-32(17)24-9-8-21(27-29-24)14-31-16-23(28-30-31)19-10-22(33-2)13-25-12-19/h8-10,12-13,16-18,20,26H,3-7,11,14-15H2,1-2H3/t17-,20+/m0/s1. The summed E-state index contributed by atoms with van der Waals surface area (Å²) in [5.74, 6) is 2.52. The SMILES string of the molecule is COc1cncc(-c2cn(Cc3ccc(N4C[C@H](NCC5CCC5)CC[C@@H]4C)nn3)nn2)c1. The number of hydrogen-bond acceptors (Lipinski definition) is 8. The van der Waals surface area contributed by atoms with E-state index in [1.807, 2.05) is 18.3 Å². The summed E-state index contributed by atoms with van der Waals surface area (Å²) in [5.41, 5.74) is 2.46. The number of nitrogens with zero attached hydrogens (tertiary/aromatic N) is 7. The van der Waals surface area contributed by atoms with E-state index in [2.05, 4.69) is 48.7 Å². The van der Waals surface area contributed by atoms with Crippen LogP contribution in [0.2, 0.25) is 0 Å². The number of pyridine rings is 1. The van der Waals surface area contributed by atoms with Gasteiger partial charge in [0.05, 0.1) is 31.7 Å². The molecule has 1 saturated heterocycles. The Morgan fingerprint density at radius 1 is 1.09 bits per heavy atom. The smallest absolute Gasteiger partial charge is 0.151 e. The van der Waals surface area contributed by atoms with E-state index in [1.165, 1.54) is 32.1 Å². The molecule has 9 nitrogen and oxygen atoms in total. The fourth-order valence-corrected chi connectivity index (χ4v) is 4.56. The van der Waals surface area contributed by atoms with Gasteiger partial charge in [-0.15, -0.1) is 10.2 Å². The molecular formula is C24H32N8O. The van der Waals surface area contributed by atoms with Crippen molar-refractivity contribution in [3.63, 3.8) is 0 Å². The number of rotatable bonds is 8. The van der Waals surface area contributed by atoms with E-state index < -0.39 is 0 Å². The molecule has 0 radical (unpaired) electrons. The number of piperidine rings is 1. The largest absolute Gasteiger partial charge is 0.495 e. The predicted molar refractivity (Wildman–Crippen MR) is 126 cm³/mol. The van der Waals surface area contributed by atoms with Crippen LogP contribution in [0.1, 0.15) is 44.7 Å². The minimum absolute atomic E-state index is 0.473. The van der Waals surface area contributed by atoms with Gasteiger partial charge in [0, 0.05) is 30.4 Å². The summed E-state index contributed by atoms with van der Waals surface area (Å²) in [6.45, 7) is 4.94. The maximum absolute atomic E-state index is 5.24. The molecule has 2 atom stereocenters. The van der Waals surface area contributed by atoms with Gasteiger partial charge in [-0.25, -0.2) is 4.68 Å². The van der Waals surface area contributed by atoms with Crippen molar-refractivity contribution >= 4 is 5.82 Å². The van der Waals surface area contributed by atoms with Crippen LogP contribution in [0.5, 0.6) is 5.75 Å². The van der Waals surface area contributed by atoms with Gasteiger partial charge >= 0.3 is 0 Å². The Morgan fingerprint density at radius 2 is 2.00 bits per heavy atom. The lowest BCUT2D eigenvalue weighted by atomic mass is 9.85. The molecule has 2 aliphatic rings. The summed E-state index contributed by atoms with van der Waals surface area (Å²) >= 11 is 0. The fraction of sp³-hybridized carbons (Fsp3) is 0.542.